The van der Waals surface area contributed by atoms with E-state index >= 15 is 0 Å². The van der Waals surface area contributed by atoms with Crippen LogP contribution in [-0.4, -0.2) is 24.9 Å². The third-order valence-electron chi connectivity index (χ3n) is 3.64. The highest BCUT2D eigenvalue weighted by Crippen LogP contribution is 2.22. The zero-order valence-corrected chi connectivity index (χ0v) is 14.5. The fourth-order valence-corrected chi connectivity index (χ4v) is 3.12. The SMILES string of the molecule is CCc1nc(CSc2nnc([C@@H](N)Cc3ccccc3)n2C)no1. The van der Waals surface area contributed by atoms with Gasteiger partial charge in [-0.2, -0.15) is 4.98 Å². The lowest BCUT2D eigenvalue weighted by Crippen LogP contribution is -2.18. The first-order chi connectivity index (χ1) is 11.7. The Balaban J connectivity index is 1.64. The van der Waals surface area contributed by atoms with E-state index in [-0.39, 0.29) is 6.04 Å². The largest absolute Gasteiger partial charge is 0.339 e. The minimum atomic E-state index is -0.198. The standard InChI is InChI=1S/C16H20N6OS/c1-3-14-18-13(21-23-14)10-24-16-20-19-15(22(16)2)12(17)9-11-7-5-4-6-8-11/h4-8,12H,3,9-10,17H2,1-2H3/t12-/m0/s1. The Morgan fingerprint density at radius 3 is 2.75 bits per heavy atom. The van der Waals surface area contributed by atoms with Crippen molar-refractivity contribution in [2.45, 2.75) is 36.7 Å². The Morgan fingerprint density at radius 1 is 1.25 bits per heavy atom. The molecule has 126 valence electrons. The summed E-state index contributed by atoms with van der Waals surface area (Å²) < 4.78 is 7.03. The monoisotopic (exact) mass is 344 g/mol. The predicted octanol–water partition coefficient (Wildman–Crippen LogP) is 2.30. The van der Waals surface area contributed by atoms with Crippen molar-refractivity contribution in [3.63, 3.8) is 0 Å². The Hall–Kier alpha value is -2.19. The number of nitrogens with two attached hydrogens (primary N) is 1. The molecule has 0 bridgehead atoms. The lowest BCUT2D eigenvalue weighted by Gasteiger charge is -2.11. The zero-order chi connectivity index (χ0) is 16.9. The summed E-state index contributed by atoms with van der Waals surface area (Å²) in [5.41, 5.74) is 7.48. The first kappa shape index (κ1) is 16.7. The van der Waals surface area contributed by atoms with Gasteiger partial charge in [-0.25, -0.2) is 0 Å². The van der Waals surface area contributed by atoms with E-state index in [1.54, 1.807) is 0 Å². The van der Waals surface area contributed by atoms with E-state index in [1.165, 1.54) is 17.3 Å². The maximum Gasteiger partial charge on any atom is 0.226 e. The van der Waals surface area contributed by atoms with Crippen molar-refractivity contribution in [2.75, 3.05) is 0 Å². The molecule has 0 amide bonds. The topological polar surface area (TPSA) is 95.7 Å². The van der Waals surface area contributed by atoms with Gasteiger partial charge in [-0.3, -0.25) is 0 Å². The van der Waals surface area contributed by atoms with Crippen molar-refractivity contribution in [3.8, 4) is 0 Å². The highest BCUT2D eigenvalue weighted by Gasteiger charge is 2.17. The molecule has 1 aromatic carbocycles. The number of hydrogen-bond donors (Lipinski definition) is 1. The van der Waals surface area contributed by atoms with Gasteiger partial charge in [-0.05, 0) is 12.0 Å². The van der Waals surface area contributed by atoms with E-state index in [2.05, 4.69) is 32.5 Å². The summed E-state index contributed by atoms with van der Waals surface area (Å²) in [5, 5.41) is 13.2. The molecule has 0 fully saturated rings. The molecule has 24 heavy (non-hydrogen) atoms. The molecular formula is C16H20N6OS. The highest BCUT2D eigenvalue weighted by atomic mass is 32.2. The number of aryl methyl sites for hydroxylation is 1. The van der Waals surface area contributed by atoms with Crippen molar-refractivity contribution in [3.05, 3.63) is 53.4 Å². The maximum absolute atomic E-state index is 6.30. The van der Waals surface area contributed by atoms with E-state index in [9.17, 15) is 0 Å². The van der Waals surface area contributed by atoms with Gasteiger partial charge in [0.1, 0.15) is 0 Å². The summed E-state index contributed by atoms with van der Waals surface area (Å²) in [7, 11) is 1.93. The van der Waals surface area contributed by atoms with Gasteiger partial charge >= 0.3 is 0 Å². The van der Waals surface area contributed by atoms with Gasteiger partial charge in [-0.15, -0.1) is 10.2 Å². The number of thioether (sulfide) groups is 1. The van der Waals surface area contributed by atoms with Crippen LogP contribution in [0, 0.1) is 0 Å². The number of aromatic nitrogens is 5. The van der Waals surface area contributed by atoms with Crippen molar-refractivity contribution >= 4 is 11.8 Å². The van der Waals surface area contributed by atoms with Crippen LogP contribution >= 0.6 is 11.8 Å². The summed E-state index contributed by atoms with van der Waals surface area (Å²) in [6.45, 7) is 1.98. The fraction of sp³-hybridized carbons (Fsp3) is 0.375. The number of nitrogens with zero attached hydrogens (tertiary/aromatic N) is 5. The molecule has 0 aliphatic carbocycles. The lowest BCUT2D eigenvalue weighted by molar-refractivity contribution is 0.378. The Labute approximate surface area is 144 Å². The van der Waals surface area contributed by atoms with Gasteiger partial charge in [0.2, 0.25) is 5.89 Å². The molecular weight excluding hydrogens is 324 g/mol. The van der Waals surface area contributed by atoms with Crippen LogP contribution in [0.25, 0.3) is 0 Å². The van der Waals surface area contributed by atoms with Crippen molar-refractivity contribution in [1.29, 1.82) is 0 Å². The van der Waals surface area contributed by atoms with E-state index in [4.69, 9.17) is 10.3 Å². The van der Waals surface area contributed by atoms with Crippen LogP contribution in [0.15, 0.2) is 40.0 Å². The Bertz CT molecular complexity index is 785. The molecule has 3 rings (SSSR count). The number of hydrogen-bond acceptors (Lipinski definition) is 7. The van der Waals surface area contributed by atoms with E-state index in [0.29, 0.717) is 17.5 Å². The third-order valence-corrected chi connectivity index (χ3v) is 4.66. The molecule has 2 heterocycles. The van der Waals surface area contributed by atoms with Crippen LogP contribution in [-0.2, 0) is 25.6 Å². The normalized spacial score (nSPS) is 12.5. The fourth-order valence-electron chi connectivity index (χ4n) is 2.36. The molecule has 7 nitrogen and oxygen atoms in total. The molecule has 0 aliphatic rings. The van der Waals surface area contributed by atoms with Crippen LogP contribution in [0.4, 0.5) is 0 Å². The molecule has 0 saturated carbocycles. The molecule has 0 unspecified atom stereocenters. The first-order valence-corrected chi connectivity index (χ1v) is 8.79. The average Bonchev–Trinajstić information content (AvgIpc) is 3.20. The minimum Gasteiger partial charge on any atom is -0.339 e. The molecule has 3 aromatic rings. The van der Waals surface area contributed by atoms with Crippen LogP contribution in [0.2, 0.25) is 0 Å². The average molecular weight is 344 g/mol. The molecule has 0 spiro atoms. The molecule has 8 heteroatoms. The maximum atomic E-state index is 6.30. The van der Waals surface area contributed by atoms with Crippen LogP contribution < -0.4 is 5.73 Å². The second-order valence-corrected chi connectivity index (χ2v) is 6.39. The van der Waals surface area contributed by atoms with E-state index < -0.39 is 0 Å². The second-order valence-electron chi connectivity index (χ2n) is 5.44. The summed E-state index contributed by atoms with van der Waals surface area (Å²) in [5.74, 6) is 2.66. The quantitative estimate of drug-likeness (QED) is 0.657. The van der Waals surface area contributed by atoms with Gasteiger partial charge < -0.3 is 14.8 Å². The molecule has 1 atom stereocenters. The molecule has 0 aliphatic heterocycles. The van der Waals surface area contributed by atoms with Gasteiger partial charge in [0.05, 0.1) is 11.8 Å². The smallest absolute Gasteiger partial charge is 0.226 e. The zero-order valence-electron chi connectivity index (χ0n) is 13.7. The molecule has 0 saturated heterocycles. The number of benzene rings is 1. The van der Waals surface area contributed by atoms with Gasteiger partial charge in [0.25, 0.3) is 0 Å². The van der Waals surface area contributed by atoms with Gasteiger partial charge in [0, 0.05) is 13.5 Å². The van der Waals surface area contributed by atoms with Crippen LogP contribution in [0.3, 0.4) is 0 Å². The third kappa shape index (κ3) is 3.82. The van der Waals surface area contributed by atoms with Crippen LogP contribution in [0.1, 0.15) is 36.1 Å². The summed E-state index contributed by atoms with van der Waals surface area (Å²) >= 11 is 1.52. The molecule has 2 N–H and O–H groups in total. The predicted molar refractivity (Wildman–Crippen MR) is 91.3 cm³/mol. The van der Waals surface area contributed by atoms with E-state index in [1.807, 2.05) is 36.7 Å². The van der Waals surface area contributed by atoms with E-state index in [0.717, 1.165) is 23.8 Å². The van der Waals surface area contributed by atoms with Gasteiger partial charge in [0.15, 0.2) is 16.8 Å². The van der Waals surface area contributed by atoms with Crippen LogP contribution in [0.5, 0.6) is 0 Å². The van der Waals surface area contributed by atoms with Crippen molar-refractivity contribution in [2.24, 2.45) is 12.8 Å². The van der Waals surface area contributed by atoms with Crippen molar-refractivity contribution in [1.82, 2.24) is 24.9 Å². The Morgan fingerprint density at radius 2 is 2.04 bits per heavy atom. The summed E-state index contributed by atoms with van der Waals surface area (Å²) in [4.78, 5) is 4.29. The lowest BCUT2D eigenvalue weighted by atomic mass is 10.1. The Kier molecular flexibility index (Phi) is 5.27. The highest BCUT2D eigenvalue weighted by molar-refractivity contribution is 7.98. The number of rotatable bonds is 7. The minimum absolute atomic E-state index is 0.198. The molecule has 0 radical (unpaired) electrons. The second kappa shape index (κ2) is 7.59. The first-order valence-electron chi connectivity index (χ1n) is 7.80. The van der Waals surface area contributed by atoms with Gasteiger partial charge in [-0.1, -0.05) is 54.2 Å². The molecule has 2 aromatic heterocycles. The summed E-state index contributed by atoms with van der Waals surface area (Å²) in [6, 6.07) is 9.94. The summed E-state index contributed by atoms with van der Waals surface area (Å²) in [6.07, 6.45) is 1.46. The van der Waals surface area contributed by atoms with Crippen molar-refractivity contribution < 1.29 is 4.52 Å².